The summed E-state index contributed by atoms with van der Waals surface area (Å²) >= 11 is 0. The van der Waals surface area contributed by atoms with Crippen LogP contribution in [0.3, 0.4) is 0 Å². The number of nitrogens with zero attached hydrogens (tertiary/aromatic N) is 6. The Hall–Kier alpha value is -2.71. The standard InChI is InChI=1S/C12H18N8O/c1-19(2)9-6-11(17-15-7-9)13-4-5-14-12(21)10-8-20(3)18-16-10/h6-8H,4-5H2,1-3H3,(H,13,17)(H,14,21). The first kappa shape index (κ1) is 14.7. The number of carbonyl (C=O) groups excluding carboxylic acids is 1. The minimum Gasteiger partial charge on any atom is -0.376 e. The lowest BCUT2D eigenvalue weighted by molar-refractivity contribution is 0.0950. The molecule has 0 bridgehead atoms. The summed E-state index contributed by atoms with van der Waals surface area (Å²) in [6.45, 7) is 0.987. The number of hydrogen-bond acceptors (Lipinski definition) is 7. The molecule has 0 saturated heterocycles. The number of carbonyl (C=O) groups is 1. The van der Waals surface area contributed by atoms with Crippen molar-refractivity contribution >= 4 is 17.4 Å². The van der Waals surface area contributed by atoms with Gasteiger partial charge in [-0.1, -0.05) is 5.21 Å². The fourth-order valence-corrected chi connectivity index (χ4v) is 1.60. The number of nitrogens with one attached hydrogen (secondary N) is 2. The molecule has 0 saturated carbocycles. The van der Waals surface area contributed by atoms with Gasteiger partial charge < -0.3 is 15.5 Å². The Labute approximate surface area is 122 Å². The van der Waals surface area contributed by atoms with Gasteiger partial charge in [-0.2, -0.15) is 5.10 Å². The second kappa shape index (κ2) is 6.64. The van der Waals surface area contributed by atoms with E-state index in [9.17, 15) is 4.79 Å². The summed E-state index contributed by atoms with van der Waals surface area (Å²) in [5.41, 5.74) is 1.25. The van der Waals surface area contributed by atoms with Crippen LogP contribution in [0.2, 0.25) is 0 Å². The third kappa shape index (κ3) is 4.13. The number of aryl methyl sites for hydroxylation is 1. The average molecular weight is 290 g/mol. The van der Waals surface area contributed by atoms with Crippen LogP contribution in [0.25, 0.3) is 0 Å². The van der Waals surface area contributed by atoms with Gasteiger partial charge in [0.05, 0.1) is 18.1 Å². The maximum absolute atomic E-state index is 11.7. The molecule has 0 atom stereocenters. The first-order valence-electron chi connectivity index (χ1n) is 6.44. The summed E-state index contributed by atoms with van der Waals surface area (Å²) in [4.78, 5) is 13.7. The zero-order valence-corrected chi connectivity index (χ0v) is 12.2. The molecule has 0 fully saturated rings. The lowest BCUT2D eigenvalue weighted by Crippen LogP contribution is -2.29. The van der Waals surface area contributed by atoms with Crippen LogP contribution in [0.1, 0.15) is 10.5 Å². The molecular formula is C12H18N8O. The molecule has 0 aromatic carbocycles. The molecule has 0 aliphatic rings. The van der Waals surface area contributed by atoms with Crippen LogP contribution in [-0.2, 0) is 7.05 Å². The molecule has 9 nitrogen and oxygen atoms in total. The summed E-state index contributed by atoms with van der Waals surface area (Å²) in [5, 5.41) is 21.2. The van der Waals surface area contributed by atoms with Crippen molar-refractivity contribution in [1.29, 1.82) is 0 Å². The monoisotopic (exact) mass is 290 g/mol. The summed E-state index contributed by atoms with van der Waals surface area (Å²) in [5.74, 6) is 0.410. The van der Waals surface area contributed by atoms with Crippen molar-refractivity contribution in [2.75, 3.05) is 37.4 Å². The van der Waals surface area contributed by atoms with Crippen LogP contribution >= 0.6 is 0 Å². The van der Waals surface area contributed by atoms with E-state index in [1.165, 1.54) is 4.68 Å². The number of amides is 1. The molecule has 2 heterocycles. The molecule has 0 unspecified atom stereocenters. The van der Waals surface area contributed by atoms with Gasteiger partial charge in [0.25, 0.3) is 5.91 Å². The van der Waals surface area contributed by atoms with Crippen LogP contribution in [0, 0.1) is 0 Å². The van der Waals surface area contributed by atoms with Gasteiger partial charge in [0.15, 0.2) is 11.5 Å². The van der Waals surface area contributed by atoms with E-state index >= 15 is 0 Å². The third-order valence-electron chi connectivity index (χ3n) is 2.71. The zero-order valence-electron chi connectivity index (χ0n) is 12.2. The van der Waals surface area contributed by atoms with Gasteiger partial charge in [-0.05, 0) is 0 Å². The van der Waals surface area contributed by atoms with Crippen molar-refractivity contribution in [3.8, 4) is 0 Å². The molecule has 21 heavy (non-hydrogen) atoms. The van der Waals surface area contributed by atoms with Crippen LogP contribution in [-0.4, -0.2) is 58.3 Å². The first-order valence-corrected chi connectivity index (χ1v) is 6.44. The van der Waals surface area contributed by atoms with Crippen molar-refractivity contribution in [1.82, 2.24) is 30.5 Å². The Morgan fingerprint density at radius 3 is 2.81 bits per heavy atom. The van der Waals surface area contributed by atoms with E-state index in [4.69, 9.17) is 0 Å². The highest BCUT2D eigenvalue weighted by atomic mass is 16.2. The van der Waals surface area contributed by atoms with Crippen molar-refractivity contribution < 1.29 is 4.79 Å². The number of anilines is 2. The topological polar surface area (TPSA) is 101 Å². The minimum atomic E-state index is -0.252. The molecular weight excluding hydrogens is 272 g/mol. The molecule has 0 aliphatic heterocycles. The van der Waals surface area contributed by atoms with Gasteiger partial charge in [-0.3, -0.25) is 9.48 Å². The Kier molecular flexibility index (Phi) is 4.64. The molecule has 0 radical (unpaired) electrons. The van der Waals surface area contributed by atoms with E-state index < -0.39 is 0 Å². The normalized spacial score (nSPS) is 10.2. The fourth-order valence-electron chi connectivity index (χ4n) is 1.60. The number of aromatic nitrogens is 5. The van der Waals surface area contributed by atoms with E-state index in [0.29, 0.717) is 24.6 Å². The van der Waals surface area contributed by atoms with Gasteiger partial charge in [0.2, 0.25) is 0 Å². The molecule has 0 spiro atoms. The molecule has 1 amide bonds. The summed E-state index contributed by atoms with van der Waals surface area (Å²) < 4.78 is 1.48. The fraction of sp³-hybridized carbons (Fsp3) is 0.417. The molecule has 0 aliphatic carbocycles. The highest BCUT2D eigenvalue weighted by Gasteiger charge is 2.08. The Morgan fingerprint density at radius 1 is 1.33 bits per heavy atom. The molecule has 112 valence electrons. The third-order valence-corrected chi connectivity index (χ3v) is 2.71. The van der Waals surface area contributed by atoms with E-state index in [-0.39, 0.29) is 5.91 Å². The van der Waals surface area contributed by atoms with Crippen LogP contribution in [0.4, 0.5) is 11.5 Å². The van der Waals surface area contributed by atoms with Gasteiger partial charge in [0.1, 0.15) is 0 Å². The van der Waals surface area contributed by atoms with Crippen molar-refractivity contribution in [2.45, 2.75) is 0 Å². The van der Waals surface area contributed by atoms with Gasteiger partial charge >= 0.3 is 0 Å². The predicted molar refractivity (Wildman–Crippen MR) is 78.2 cm³/mol. The summed E-state index contributed by atoms with van der Waals surface area (Å²) in [7, 11) is 5.57. The molecule has 2 N–H and O–H groups in total. The predicted octanol–water partition coefficient (Wildman–Crippen LogP) is -0.487. The molecule has 2 aromatic heterocycles. The van der Waals surface area contributed by atoms with Crippen LogP contribution in [0.15, 0.2) is 18.5 Å². The Morgan fingerprint density at radius 2 is 2.14 bits per heavy atom. The molecule has 9 heteroatoms. The van der Waals surface area contributed by atoms with Gasteiger partial charge in [0, 0.05) is 40.3 Å². The first-order chi connectivity index (χ1) is 10.1. The second-order valence-electron chi connectivity index (χ2n) is 4.65. The van der Waals surface area contributed by atoms with Crippen molar-refractivity contribution in [3.63, 3.8) is 0 Å². The van der Waals surface area contributed by atoms with E-state index in [2.05, 4.69) is 31.1 Å². The maximum atomic E-state index is 11.7. The quantitative estimate of drug-likeness (QED) is 0.692. The minimum absolute atomic E-state index is 0.252. The second-order valence-corrected chi connectivity index (χ2v) is 4.65. The largest absolute Gasteiger partial charge is 0.376 e. The zero-order chi connectivity index (χ0) is 15.2. The number of hydrogen-bond donors (Lipinski definition) is 2. The highest BCUT2D eigenvalue weighted by Crippen LogP contribution is 2.12. The molecule has 2 rings (SSSR count). The SMILES string of the molecule is CN(C)c1cnnc(NCCNC(=O)c2cn(C)nn2)c1. The highest BCUT2D eigenvalue weighted by molar-refractivity contribution is 5.91. The maximum Gasteiger partial charge on any atom is 0.273 e. The summed E-state index contributed by atoms with van der Waals surface area (Å²) in [6.07, 6.45) is 3.25. The van der Waals surface area contributed by atoms with E-state index in [1.54, 1.807) is 19.4 Å². The van der Waals surface area contributed by atoms with Gasteiger partial charge in [-0.25, -0.2) is 0 Å². The summed E-state index contributed by atoms with van der Waals surface area (Å²) in [6, 6.07) is 1.89. The number of rotatable bonds is 6. The van der Waals surface area contributed by atoms with E-state index in [1.807, 2.05) is 25.1 Å². The Bertz CT molecular complexity index is 609. The van der Waals surface area contributed by atoms with Crippen LogP contribution in [0.5, 0.6) is 0 Å². The smallest absolute Gasteiger partial charge is 0.273 e. The lowest BCUT2D eigenvalue weighted by Gasteiger charge is -2.12. The molecule has 2 aromatic rings. The average Bonchev–Trinajstić information content (AvgIpc) is 2.90. The van der Waals surface area contributed by atoms with Gasteiger partial charge in [-0.15, -0.1) is 10.2 Å². The lowest BCUT2D eigenvalue weighted by atomic mass is 10.4. The van der Waals surface area contributed by atoms with Crippen LogP contribution < -0.4 is 15.5 Å². The van der Waals surface area contributed by atoms with Crippen molar-refractivity contribution in [2.24, 2.45) is 7.05 Å². The Balaban J connectivity index is 1.77. The van der Waals surface area contributed by atoms with E-state index in [0.717, 1.165) is 5.69 Å². The van der Waals surface area contributed by atoms with Crippen molar-refractivity contribution in [3.05, 3.63) is 24.2 Å².